The summed E-state index contributed by atoms with van der Waals surface area (Å²) in [5.74, 6) is 1.60. The molecule has 2 aliphatic rings. The number of allylic oxidation sites excluding steroid dienone is 5. The summed E-state index contributed by atoms with van der Waals surface area (Å²) in [6.45, 7) is 5.62. The van der Waals surface area contributed by atoms with Crippen molar-refractivity contribution < 1.29 is 9.53 Å². The second-order valence-corrected chi connectivity index (χ2v) is 15.6. The van der Waals surface area contributed by atoms with E-state index in [2.05, 4.69) is 66.6 Å². The van der Waals surface area contributed by atoms with E-state index in [0.29, 0.717) is 24.6 Å². The van der Waals surface area contributed by atoms with Crippen LogP contribution in [-0.4, -0.2) is 44.5 Å². The third-order valence-corrected chi connectivity index (χ3v) is 11.8. The van der Waals surface area contributed by atoms with Crippen LogP contribution >= 0.6 is 21.6 Å². The van der Waals surface area contributed by atoms with Crippen LogP contribution in [0, 0.1) is 0 Å². The van der Waals surface area contributed by atoms with E-state index in [1.165, 1.54) is 27.1 Å². The van der Waals surface area contributed by atoms with Crippen LogP contribution in [0.3, 0.4) is 0 Å². The monoisotopic (exact) mass is 507 g/mol. The largest absolute Gasteiger partial charge is 0.447 e. The predicted molar refractivity (Wildman–Crippen MR) is 150 cm³/mol. The molecule has 5 nitrogen and oxygen atoms in total. The number of nitrogens with two attached hydrogens (primary N) is 2. The molecule has 1 aliphatic heterocycles. The Morgan fingerprint density at radius 1 is 1.06 bits per heavy atom. The molecular formula is C26H29N3O2S2Si. The number of hydrogen-bond donors (Lipinski definition) is 2. The van der Waals surface area contributed by atoms with E-state index in [1.54, 1.807) is 21.6 Å². The molecule has 1 heterocycles. The summed E-state index contributed by atoms with van der Waals surface area (Å²) >= 11 is 0. The second kappa shape index (κ2) is 10.8. The lowest BCUT2D eigenvalue weighted by atomic mass is 9.90. The van der Waals surface area contributed by atoms with Crippen LogP contribution < -0.4 is 16.7 Å². The molecular weight excluding hydrogens is 479 g/mol. The van der Waals surface area contributed by atoms with E-state index >= 15 is 0 Å². The summed E-state index contributed by atoms with van der Waals surface area (Å²) in [6, 6.07) is 16.7. The summed E-state index contributed by atoms with van der Waals surface area (Å²) in [4.78, 5) is 16.6. The number of amides is 1. The maximum atomic E-state index is 12.3. The first-order valence-corrected chi connectivity index (χ1v) is 16.7. The van der Waals surface area contributed by atoms with Gasteiger partial charge in [-0.1, -0.05) is 77.2 Å². The van der Waals surface area contributed by atoms with Crippen molar-refractivity contribution in [1.82, 2.24) is 0 Å². The molecule has 0 aromatic heterocycles. The van der Waals surface area contributed by atoms with Gasteiger partial charge in [-0.05, 0) is 56.9 Å². The summed E-state index contributed by atoms with van der Waals surface area (Å²) in [5.41, 5.74) is 17.9. The van der Waals surface area contributed by atoms with E-state index in [0.717, 1.165) is 17.0 Å². The minimum Gasteiger partial charge on any atom is -0.447 e. The average Bonchev–Trinajstić information content (AvgIpc) is 2.83. The number of ether oxygens (including phenoxy) is 1. The van der Waals surface area contributed by atoms with Crippen molar-refractivity contribution in [2.75, 3.05) is 30.4 Å². The van der Waals surface area contributed by atoms with Crippen LogP contribution in [0.4, 0.5) is 10.5 Å². The number of benzene rings is 2. The van der Waals surface area contributed by atoms with E-state index in [9.17, 15) is 4.79 Å². The summed E-state index contributed by atoms with van der Waals surface area (Å²) < 4.78 is 5.30. The number of fused-ring (bicyclic) bond motifs is 2. The minimum atomic E-state index is -2.09. The average molecular weight is 508 g/mol. The fraction of sp³-hybridized carbons (Fsp3) is 0.231. The molecule has 4 rings (SSSR count). The first-order chi connectivity index (χ1) is 16.4. The Bertz CT molecular complexity index is 1200. The molecule has 2 aromatic carbocycles. The second-order valence-electron chi connectivity index (χ2n) is 8.56. The zero-order valence-electron chi connectivity index (χ0n) is 19.4. The smallest absolute Gasteiger partial charge is 0.434 e. The molecule has 0 fully saturated rings. The number of hydrogen-bond acceptors (Lipinski definition) is 6. The lowest BCUT2D eigenvalue weighted by Crippen LogP contribution is -2.49. The van der Waals surface area contributed by atoms with Gasteiger partial charge >= 0.3 is 6.09 Å². The highest BCUT2D eigenvalue weighted by Gasteiger charge is 2.39. The van der Waals surface area contributed by atoms with Crippen molar-refractivity contribution in [1.29, 1.82) is 0 Å². The number of carbonyl (C=O) groups is 1. The molecule has 4 N–H and O–H groups in total. The van der Waals surface area contributed by atoms with Crippen molar-refractivity contribution >= 4 is 57.9 Å². The van der Waals surface area contributed by atoms with Gasteiger partial charge in [0.2, 0.25) is 0 Å². The number of nitrogens with zero attached hydrogens (tertiary/aromatic N) is 1. The topological polar surface area (TPSA) is 90.7 Å². The van der Waals surface area contributed by atoms with Crippen LogP contribution in [0.2, 0.25) is 13.1 Å². The Kier molecular flexibility index (Phi) is 7.83. The Morgan fingerprint density at radius 3 is 2.59 bits per heavy atom. The quantitative estimate of drug-likeness (QED) is 0.238. The maximum Gasteiger partial charge on any atom is 0.434 e. The molecule has 0 unspecified atom stereocenters. The van der Waals surface area contributed by atoms with Gasteiger partial charge in [0.1, 0.15) is 14.7 Å². The first kappa shape index (κ1) is 24.6. The Morgan fingerprint density at radius 2 is 1.82 bits per heavy atom. The lowest BCUT2D eigenvalue weighted by molar-refractivity contribution is 0.165. The van der Waals surface area contributed by atoms with E-state index in [1.807, 2.05) is 18.2 Å². The summed E-state index contributed by atoms with van der Waals surface area (Å²) in [5, 5.41) is 2.54. The molecule has 0 saturated carbocycles. The summed E-state index contributed by atoms with van der Waals surface area (Å²) in [7, 11) is 1.23. The molecule has 0 atom stereocenters. The third kappa shape index (κ3) is 5.25. The van der Waals surface area contributed by atoms with Gasteiger partial charge in [-0.2, -0.15) is 4.99 Å². The SMILES string of the molecule is C[Si]1(C)C2=CC(=NC(=O)OCCSSCCN)C=CC2=C(c2ccccc2)c2ccc(N)cc21. The van der Waals surface area contributed by atoms with Gasteiger partial charge < -0.3 is 16.2 Å². The Balaban J connectivity index is 1.66. The van der Waals surface area contributed by atoms with Crippen LogP contribution in [-0.2, 0) is 4.74 Å². The fourth-order valence-corrected chi connectivity index (χ4v) is 9.08. The van der Waals surface area contributed by atoms with Crippen LogP contribution in [0.1, 0.15) is 11.1 Å². The Hall–Kier alpha value is -2.52. The third-order valence-electron chi connectivity index (χ3n) is 5.89. The van der Waals surface area contributed by atoms with Gasteiger partial charge in [-0.25, -0.2) is 4.79 Å². The van der Waals surface area contributed by atoms with Crippen LogP contribution in [0.15, 0.2) is 82.5 Å². The number of nitrogen functional groups attached to an aromatic ring is 1. The Labute approximate surface area is 209 Å². The van der Waals surface area contributed by atoms with Crippen molar-refractivity contribution in [3.8, 4) is 0 Å². The number of aliphatic imine (C=N–C) groups is 1. The van der Waals surface area contributed by atoms with E-state index < -0.39 is 14.2 Å². The first-order valence-electron chi connectivity index (χ1n) is 11.2. The number of carbonyl (C=O) groups excluding carboxylic acids is 1. The molecule has 0 bridgehead atoms. The highest BCUT2D eigenvalue weighted by molar-refractivity contribution is 8.76. The van der Waals surface area contributed by atoms with Crippen molar-refractivity contribution in [3.63, 3.8) is 0 Å². The fourth-order valence-electron chi connectivity index (χ4n) is 4.31. The zero-order valence-corrected chi connectivity index (χ0v) is 22.0. The highest BCUT2D eigenvalue weighted by Crippen LogP contribution is 2.41. The van der Waals surface area contributed by atoms with Gasteiger partial charge in [-0.3, -0.25) is 0 Å². The molecule has 2 aromatic rings. The summed E-state index contributed by atoms with van der Waals surface area (Å²) in [6.07, 6.45) is 5.50. The van der Waals surface area contributed by atoms with Crippen molar-refractivity contribution in [2.24, 2.45) is 10.7 Å². The van der Waals surface area contributed by atoms with Gasteiger partial charge in [0.25, 0.3) is 0 Å². The molecule has 0 radical (unpaired) electrons. The molecule has 1 aliphatic carbocycles. The lowest BCUT2D eigenvalue weighted by Gasteiger charge is -2.38. The molecule has 0 saturated heterocycles. The zero-order chi connectivity index (χ0) is 24.1. The van der Waals surface area contributed by atoms with Gasteiger partial charge in [-0.15, -0.1) is 0 Å². The molecule has 34 heavy (non-hydrogen) atoms. The number of anilines is 1. The van der Waals surface area contributed by atoms with Gasteiger partial charge in [0, 0.05) is 23.7 Å². The highest BCUT2D eigenvalue weighted by atomic mass is 33.1. The molecule has 8 heteroatoms. The van der Waals surface area contributed by atoms with Crippen LogP contribution in [0.25, 0.3) is 5.57 Å². The van der Waals surface area contributed by atoms with Crippen molar-refractivity contribution in [3.05, 3.63) is 88.7 Å². The normalized spacial score (nSPS) is 17.3. The standard InChI is InChI=1S/C26H29N3O2S2Si/c1-34(2)23-16-19(28)8-10-21(23)25(18-6-4-3-5-7-18)22-11-9-20(17-24(22)34)29-26(30)31-13-15-33-32-14-12-27/h3-11,16-17H,12-15,27-28H2,1-2H3. The number of rotatable bonds is 7. The molecule has 0 spiro atoms. The van der Waals surface area contributed by atoms with Gasteiger partial charge in [0.15, 0.2) is 0 Å². The van der Waals surface area contributed by atoms with Crippen LogP contribution in [0.5, 0.6) is 0 Å². The van der Waals surface area contributed by atoms with Gasteiger partial charge in [0.05, 0.1) is 5.71 Å². The maximum absolute atomic E-state index is 12.3. The molecule has 176 valence electrons. The molecule has 1 amide bonds. The predicted octanol–water partition coefficient (Wildman–Crippen LogP) is 4.95. The van der Waals surface area contributed by atoms with Crippen molar-refractivity contribution in [2.45, 2.75) is 13.1 Å². The van der Waals surface area contributed by atoms with E-state index in [-0.39, 0.29) is 0 Å². The minimum absolute atomic E-state index is 0.328. The van der Waals surface area contributed by atoms with E-state index in [4.69, 9.17) is 16.2 Å².